The molecule has 0 saturated heterocycles. The molecule has 0 unspecified atom stereocenters. The molecular weight excluding hydrogens is 372 g/mol. The van der Waals surface area contributed by atoms with Crippen LogP contribution in [0.15, 0.2) is 55.2 Å². The molecule has 0 aliphatic heterocycles. The van der Waals surface area contributed by atoms with Crippen molar-refractivity contribution in [3.05, 3.63) is 66.5 Å². The van der Waals surface area contributed by atoms with Gasteiger partial charge in [-0.3, -0.25) is 9.48 Å². The van der Waals surface area contributed by atoms with E-state index in [1.54, 1.807) is 36.1 Å². The summed E-state index contributed by atoms with van der Waals surface area (Å²) >= 11 is 0. The molecule has 1 aromatic carbocycles. The van der Waals surface area contributed by atoms with Crippen LogP contribution in [-0.4, -0.2) is 44.8 Å². The number of nitrogens with zero attached hydrogens (tertiary/aromatic N) is 4. The Morgan fingerprint density at radius 1 is 1.17 bits per heavy atom. The summed E-state index contributed by atoms with van der Waals surface area (Å²) < 4.78 is 6.76. The van der Waals surface area contributed by atoms with Gasteiger partial charge in [-0.1, -0.05) is 18.2 Å². The molecule has 1 amide bonds. The number of carbonyl (C=O) groups excluding carboxylic acids is 2. The molecule has 3 rings (SSSR count). The Kier molecular flexibility index (Phi) is 6.88. The average molecular weight is 394 g/mol. The van der Waals surface area contributed by atoms with Crippen molar-refractivity contribution < 1.29 is 14.3 Å². The van der Waals surface area contributed by atoms with Crippen LogP contribution in [0.1, 0.15) is 34.2 Å². The van der Waals surface area contributed by atoms with Gasteiger partial charge in [-0.2, -0.15) is 5.10 Å². The summed E-state index contributed by atoms with van der Waals surface area (Å²) in [4.78, 5) is 31.9. The lowest BCUT2D eigenvalue weighted by atomic mass is 10.2. The summed E-state index contributed by atoms with van der Waals surface area (Å²) in [6.07, 6.45) is 6.98. The molecule has 0 aliphatic rings. The summed E-state index contributed by atoms with van der Waals surface area (Å²) in [5.74, 6) is -0.608. The monoisotopic (exact) mass is 394 g/mol. The molecule has 2 heterocycles. The quantitative estimate of drug-likeness (QED) is 0.423. The standard InChI is InChI=1S/C20H22N6O3/c1-2-29-20(28)18-17(12-21-14-23-18)25-16-11-24-26(13-16)10-6-9-22-19(27)15-7-4-3-5-8-15/h3-5,7-8,11-14,25H,2,6,9-10H2,1H3,(H,22,27). The van der Waals surface area contributed by atoms with E-state index in [1.165, 1.54) is 12.5 Å². The molecular formula is C20H22N6O3. The first-order chi connectivity index (χ1) is 14.2. The lowest BCUT2D eigenvalue weighted by molar-refractivity contribution is 0.0520. The number of esters is 1. The van der Waals surface area contributed by atoms with Gasteiger partial charge in [-0.15, -0.1) is 0 Å². The molecule has 9 nitrogen and oxygen atoms in total. The Bertz CT molecular complexity index is 958. The van der Waals surface area contributed by atoms with E-state index in [0.717, 1.165) is 6.42 Å². The van der Waals surface area contributed by atoms with Gasteiger partial charge in [0.05, 0.1) is 30.4 Å². The van der Waals surface area contributed by atoms with E-state index < -0.39 is 5.97 Å². The molecule has 29 heavy (non-hydrogen) atoms. The van der Waals surface area contributed by atoms with Gasteiger partial charge in [-0.25, -0.2) is 14.8 Å². The second-order valence-corrected chi connectivity index (χ2v) is 6.10. The number of ether oxygens (including phenoxy) is 1. The van der Waals surface area contributed by atoms with Gasteiger partial charge in [-0.05, 0) is 25.5 Å². The van der Waals surface area contributed by atoms with Gasteiger partial charge in [0, 0.05) is 24.8 Å². The van der Waals surface area contributed by atoms with Gasteiger partial charge in [0.2, 0.25) is 0 Å². The zero-order valence-corrected chi connectivity index (χ0v) is 16.0. The molecule has 0 fully saturated rings. The Morgan fingerprint density at radius 2 is 2.00 bits per heavy atom. The van der Waals surface area contributed by atoms with Crippen LogP contribution in [0.5, 0.6) is 0 Å². The third-order valence-corrected chi connectivity index (χ3v) is 3.98. The van der Waals surface area contributed by atoms with E-state index in [0.29, 0.717) is 30.0 Å². The fourth-order valence-electron chi connectivity index (χ4n) is 2.62. The fraction of sp³-hybridized carbons (Fsp3) is 0.250. The predicted octanol–water partition coefficient (Wildman–Crippen LogP) is 2.41. The molecule has 2 aromatic heterocycles. The predicted molar refractivity (Wildman–Crippen MR) is 107 cm³/mol. The lowest BCUT2D eigenvalue weighted by Crippen LogP contribution is -2.25. The first-order valence-corrected chi connectivity index (χ1v) is 9.27. The molecule has 0 aliphatic carbocycles. The Balaban J connectivity index is 1.50. The Labute approximate surface area is 168 Å². The molecule has 0 atom stereocenters. The molecule has 2 N–H and O–H groups in total. The number of carbonyl (C=O) groups is 2. The van der Waals surface area contributed by atoms with Crippen LogP contribution in [-0.2, 0) is 11.3 Å². The number of benzene rings is 1. The second kappa shape index (κ2) is 9.98. The number of hydrogen-bond acceptors (Lipinski definition) is 7. The van der Waals surface area contributed by atoms with Crippen molar-refractivity contribution in [1.82, 2.24) is 25.1 Å². The zero-order valence-electron chi connectivity index (χ0n) is 16.0. The van der Waals surface area contributed by atoms with Crippen molar-refractivity contribution in [2.24, 2.45) is 0 Å². The third kappa shape index (κ3) is 5.61. The highest BCUT2D eigenvalue weighted by Crippen LogP contribution is 2.18. The highest BCUT2D eigenvalue weighted by Gasteiger charge is 2.15. The zero-order chi connectivity index (χ0) is 20.5. The summed E-state index contributed by atoms with van der Waals surface area (Å²) in [5.41, 5.74) is 1.94. The van der Waals surface area contributed by atoms with Crippen LogP contribution in [0, 0.1) is 0 Å². The first kappa shape index (κ1) is 20.0. The number of nitrogens with one attached hydrogen (secondary N) is 2. The van der Waals surface area contributed by atoms with Crippen molar-refractivity contribution >= 4 is 23.3 Å². The van der Waals surface area contributed by atoms with Gasteiger partial charge in [0.25, 0.3) is 5.91 Å². The van der Waals surface area contributed by atoms with Crippen molar-refractivity contribution in [3.8, 4) is 0 Å². The number of hydrogen-bond donors (Lipinski definition) is 2. The normalized spacial score (nSPS) is 10.4. The van der Waals surface area contributed by atoms with Crippen LogP contribution >= 0.6 is 0 Å². The molecule has 150 valence electrons. The van der Waals surface area contributed by atoms with Crippen molar-refractivity contribution in [2.75, 3.05) is 18.5 Å². The lowest BCUT2D eigenvalue weighted by Gasteiger charge is -2.08. The van der Waals surface area contributed by atoms with E-state index in [9.17, 15) is 9.59 Å². The van der Waals surface area contributed by atoms with Gasteiger partial charge >= 0.3 is 5.97 Å². The van der Waals surface area contributed by atoms with Crippen LogP contribution in [0.4, 0.5) is 11.4 Å². The molecule has 0 spiro atoms. The van der Waals surface area contributed by atoms with Crippen molar-refractivity contribution in [1.29, 1.82) is 0 Å². The Hall–Kier alpha value is -3.75. The molecule has 0 saturated carbocycles. The first-order valence-electron chi connectivity index (χ1n) is 9.27. The molecule has 9 heteroatoms. The third-order valence-electron chi connectivity index (χ3n) is 3.98. The number of aryl methyl sites for hydroxylation is 1. The number of anilines is 2. The highest BCUT2D eigenvalue weighted by molar-refractivity contribution is 5.94. The average Bonchev–Trinajstić information content (AvgIpc) is 3.19. The molecule has 0 radical (unpaired) electrons. The van der Waals surface area contributed by atoms with Crippen LogP contribution in [0.3, 0.4) is 0 Å². The van der Waals surface area contributed by atoms with E-state index in [-0.39, 0.29) is 18.2 Å². The minimum atomic E-state index is -0.515. The number of rotatable bonds is 9. The van der Waals surface area contributed by atoms with Crippen LogP contribution in [0.25, 0.3) is 0 Å². The van der Waals surface area contributed by atoms with E-state index in [2.05, 4.69) is 25.7 Å². The summed E-state index contributed by atoms with van der Waals surface area (Å²) in [5, 5.41) is 10.3. The topological polar surface area (TPSA) is 111 Å². The summed E-state index contributed by atoms with van der Waals surface area (Å²) in [6.45, 7) is 3.17. The minimum Gasteiger partial charge on any atom is -0.461 e. The SMILES string of the molecule is CCOC(=O)c1ncncc1Nc1cnn(CCCNC(=O)c2ccccc2)c1. The maximum atomic E-state index is 12.0. The Morgan fingerprint density at radius 3 is 2.79 bits per heavy atom. The van der Waals surface area contributed by atoms with E-state index in [4.69, 9.17) is 4.74 Å². The van der Waals surface area contributed by atoms with E-state index >= 15 is 0 Å². The molecule has 0 bridgehead atoms. The number of amides is 1. The van der Waals surface area contributed by atoms with Gasteiger partial charge < -0.3 is 15.4 Å². The van der Waals surface area contributed by atoms with Crippen molar-refractivity contribution in [2.45, 2.75) is 19.9 Å². The van der Waals surface area contributed by atoms with Gasteiger partial charge in [0.1, 0.15) is 6.33 Å². The maximum absolute atomic E-state index is 12.0. The van der Waals surface area contributed by atoms with E-state index in [1.807, 2.05) is 18.2 Å². The fourth-order valence-corrected chi connectivity index (χ4v) is 2.62. The maximum Gasteiger partial charge on any atom is 0.359 e. The van der Waals surface area contributed by atoms with Crippen LogP contribution in [0.2, 0.25) is 0 Å². The largest absolute Gasteiger partial charge is 0.461 e. The van der Waals surface area contributed by atoms with Gasteiger partial charge in [0.15, 0.2) is 5.69 Å². The highest BCUT2D eigenvalue weighted by atomic mass is 16.5. The number of aromatic nitrogens is 4. The smallest absolute Gasteiger partial charge is 0.359 e. The van der Waals surface area contributed by atoms with Crippen molar-refractivity contribution in [3.63, 3.8) is 0 Å². The molecule has 3 aromatic rings. The minimum absolute atomic E-state index is 0.0935. The summed E-state index contributed by atoms with van der Waals surface area (Å²) in [7, 11) is 0. The summed E-state index contributed by atoms with van der Waals surface area (Å²) in [6, 6.07) is 9.09. The second-order valence-electron chi connectivity index (χ2n) is 6.10. The van der Waals surface area contributed by atoms with Crippen LogP contribution < -0.4 is 10.6 Å².